The second-order valence-electron chi connectivity index (χ2n) is 4.91. The normalized spacial score (nSPS) is 23.4. The maximum Gasteiger partial charge on any atom is 0.254 e. The Hall–Kier alpha value is -1.00. The second-order valence-corrected chi connectivity index (χ2v) is 6.39. The lowest BCUT2D eigenvalue weighted by Crippen LogP contribution is -2.48. The first-order chi connectivity index (χ1) is 9.15. The smallest absolute Gasteiger partial charge is 0.254 e. The Morgan fingerprint density at radius 3 is 2.89 bits per heavy atom. The van der Waals surface area contributed by atoms with Crippen LogP contribution in [0.15, 0.2) is 24.3 Å². The summed E-state index contributed by atoms with van der Waals surface area (Å²) in [5.41, 5.74) is 1.74. The van der Waals surface area contributed by atoms with Crippen LogP contribution in [0.1, 0.15) is 29.8 Å². The van der Waals surface area contributed by atoms with E-state index < -0.39 is 0 Å². The van der Waals surface area contributed by atoms with Crippen LogP contribution in [0.4, 0.5) is 0 Å². The molecule has 1 heterocycles. The van der Waals surface area contributed by atoms with Crippen LogP contribution >= 0.6 is 11.8 Å². The summed E-state index contributed by atoms with van der Waals surface area (Å²) in [4.78, 5) is 14.7. The minimum absolute atomic E-state index is 0.132. The SMILES string of the molecule is COCc1ccccc1C(=O)N1CCSC(C)C1C. The fourth-order valence-electron chi connectivity index (χ4n) is 2.38. The first-order valence-electron chi connectivity index (χ1n) is 6.64. The molecule has 0 aliphatic carbocycles. The van der Waals surface area contributed by atoms with Crippen LogP contribution < -0.4 is 0 Å². The molecule has 0 saturated carbocycles. The van der Waals surface area contributed by atoms with Crippen molar-refractivity contribution in [2.75, 3.05) is 19.4 Å². The minimum Gasteiger partial charge on any atom is -0.380 e. The molecule has 2 atom stereocenters. The fourth-order valence-corrected chi connectivity index (χ4v) is 3.48. The Balaban J connectivity index is 2.23. The molecular weight excluding hydrogens is 258 g/mol. The van der Waals surface area contributed by atoms with Crippen LogP contribution in [0.3, 0.4) is 0 Å². The Bertz CT molecular complexity index is 450. The van der Waals surface area contributed by atoms with Crippen molar-refractivity contribution in [1.29, 1.82) is 0 Å². The van der Waals surface area contributed by atoms with Crippen LogP contribution in [0.25, 0.3) is 0 Å². The van der Waals surface area contributed by atoms with E-state index in [-0.39, 0.29) is 11.9 Å². The van der Waals surface area contributed by atoms with E-state index in [1.165, 1.54) is 0 Å². The molecule has 0 N–H and O–H groups in total. The van der Waals surface area contributed by atoms with Gasteiger partial charge in [-0.1, -0.05) is 25.1 Å². The molecule has 2 unspecified atom stereocenters. The van der Waals surface area contributed by atoms with E-state index in [9.17, 15) is 4.79 Å². The van der Waals surface area contributed by atoms with Gasteiger partial charge in [0.05, 0.1) is 6.61 Å². The predicted octanol–water partition coefficient (Wildman–Crippen LogP) is 2.80. The van der Waals surface area contributed by atoms with E-state index in [2.05, 4.69) is 13.8 Å². The highest BCUT2D eigenvalue weighted by atomic mass is 32.2. The summed E-state index contributed by atoms with van der Waals surface area (Å²) in [6.45, 7) is 5.63. The van der Waals surface area contributed by atoms with Gasteiger partial charge in [-0.3, -0.25) is 4.79 Å². The van der Waals surface area contributed by atoms with Crippen LogP contribution in [-0.2, 0) is 11.3 Å². The zero-order valence-electron chi connectivity index (χ0n) is 11.8. The number of ether oxygens (including phenoxy) is 1. The Kier molecular flexibility index (Phi) is 4.88. The molecule has 1 aromatic carbocycles. The van der Waals surface area contributed by atoms with Crippen molar-refractivity contribution in [3.63, 3.8) is 0 Å². The van der Waals surface area contributed by atoms with Crippen LogP contribution in [0.2, 0.25) is 0 Å². The molecule has 1 saturated heterocycles. The molecule has 3 nitrogen and oxygen atoms in total. The zero-order chi connectivity index (χ0) is 13.8. The highest BCUT2D eigenvalue weighted by Gasteiger charge is 2.30. The summed E-state index contributed by atoms with van der Waals surface area (Å²) in [7, 11) is 1.66. The number of nitrogens with zero attached hydrogens (tertiary/aromatic N) is 1. The standard InChI is InChI=1S/C15H21NO2S/c1-11-12(2)19-9-8-16(11)15(17)14-7-5-4-6-13(14)10-18-3/h4-7,11-12H,8-10H2,1-3H3. The highest BCUT2D eigenvalue weighted by molar-refractivity contribution is 8.00. The van der Waals surface area contributed by atoms with Gasteiger partial charge in [0.1, 0.15) is 0 Å². The molecule has 4 heteroatoms. The lowest BCUT2D eigenvalue weighted by atomic mass is 10.1. The van der Waals surface area contributed by atoms with Crippen molar-refractivity contribution in [3.8, 4) is 0 Å². The lowest BCUT2D eigenvalue weighted by Gasteiger charge is -2.37. The third-order valence-electron chi connectivity index (χ3n) is 3.69. The van der Waals surface area contributed by atoms with Crippen molar-refractivity contribution in [1.82, 2.24) is 4.90 Å². The number of hydrogen-bond donors (Lipinski definition) is 0. The molecular formula is C15H21NO2S. The third kappa shape index (κ3) is 3.12. The van der Waals surface area contributed by atoms with Crippen molar-refractivity contribution >= 4 is 17.7 Å². The van der Waals surface area contributed by atoms with E-state index in [0.717, 1.165) is 23.4 Å². The number of methoxy groups -OCH3 is 1. The topological polar surface area (TPSA) is 29.5 Å². The Labute approximate surface area is 119 Å². The van der Waals surface area contributed by atoms with Crippen LogP contribution in [-0.4, -0.2) is 41.5 Å². The second kappa shape index (κ2) is 6.44. The first-order valence-corrected chi connectivity index (χ1v) is 7.69. The summed E-state index contributed by atoms with van der Waals surface area (Å²) >= 11 is 1.94. The molecule has 0 spiro atoms. The average molecular weight is 279 g/mol. The fraction of sp³-hybridized carbons (Fsp3) is 0.533. The molecule has 1 amide bonds. The van der Waals surface area contributed by atoms with Gasteiger partial charge >= 0.3 is 0 Å². The molecule has 0 radical (unpaired) electrons. The molecule has 1 aliphatic heterocycles. The number of benzene rings is 1. The zero-order valence-corrected chi connectivity index (χ0v) is 12.6. The summed E-state index contributed by atoms with van der Waals surface area (Å²) < 4.78 is 5.18. The number of thioether (sulfide) groups is 1. The first kappa shape index (κ1) is 14.4. The van der Waals surface area contributed by atoms with Crippen molar-refractivity contribution < 1.29 is 9.53 Å². The minimum atomic E-state index is 0.132. The number of carbonyl (C=O) groups excluding carboxylic acids is 1. The molecule has 1 aliphatic rings. The summed E-state index contributed by atoms with van der Waals surface area (Å²) in [6, 6.07) is 8.00. The number of carbonyl (C=O) groups is 1. The van der Waals surface area contributed by atoms with Gasteiger partial charge in [-0.2, -0.15) is 11.8 Å². The largest absolute Gasteiger partial charge is 0.380 e. The quantitative estimate of drug-likeness (QED) is 0.852. The average Bonchev–Trinajstić information content (AvgIpc) is 2.42. The van der Waals surface area contributed by atoms with E-state index >= 15 is 0 Å². The summed E-state index contributed by atoms with van der Waals surface area (Å²) in [5, 5.41) is 0.493. The van der Waals surface area contributed by atoms with E-state index in [4.69, 9.17) is 4.74 Å². The van der Waals surface area contributed by atoms with Crippen molar-refractivity contribution in [2.45, 2.75) is 31.7 Å². The van der Waals surface area contributed by atoms with E-state index in [1.807, 2.05) is 40.9 Å². The maximum atomic E-state index is 12.7. The van der Waals surface area contributed by atoms with Gasteiger partial charge in [0, 0.05) is 36.3 Å². The van der Waals surface area contributed by atoms with Crippen molar-refractivity contribution in [2.24, 2.45) is 0 Å². The van der Waals surface area contributed by atoms with Gasteiger partial charge < -0.3 is 9.64 Å². The summed E-state index contributed by atoms with van der Waals surface area (Å²) in [6.07, 6.45) is 0. The summed E-state index contributed by atoms with van der Waals surface area (Å²) in [5.74, 6) is 1.15. The monoisotopic (exact) mass is 279 g/mol. The number of hydrogen-bond acceptors (Lipinski definition) is 3. The molecule has 19 heavy (non-hydrogen) atoms. The van der Waals surface area contributed by atoms with Crippen LogP contribution in [0.5, 0.6) is 0 Å². The highest BCUT2D eigenvalue weighted by Crippen LogP contribution is 2.26. The van der Waals surface area contributed by atoms with Gasteiger partial charge in [-0.15, -0.1) is 0 Å². The molecule has 1 fully saturated rings. The Morgan fingerprint density at radius 2 is 2.16 bits per heavy atom. The molecule has 104 valence electrons. The number of amides is 1. The van der Waals surface area contributed by atoms with Crippen molar-refractivity contribution in [3.05, 3.63) is 35.4 Å². The maximum absolute atomic E-state index is 12.7. The van der Waals surface area contributed by atoms with E-state index in [0.29, 0.717) is 11.9 Å². The van der Waals surface area contributed by atoms with Gasteiger partial charge in [-0.05, 0) is 18.6 Å². The molecule has 0 aromatic heterocycles. The van der Waals surface area contributed by atoms with Gasteiger partial charge in [0.25, 0.3) is 5.91 Å². The van der Waals surface area contributed by atoms with Crippen LogP contribution in [0, 0.1) is 0 Å². The molecule has 1 aromatic rings. The number of rotatable bonds is 3. The third-order valence-corrected chi connectivity index (χ3v) is 5.03. The van der Waals surface area contributed by atoms with Gasteiger partial charge in [0.15, 0.2) is 0 Å². The lowest BCUT2D eigenvalue weighted by molar-refractivity contribution is 0.0693. The molecule has 2 rings (SSSR count). The van der Waals surface area contributed by atoms with Gasteiger partial charge in [-0.25, -0.2) is 0 Å². The Morgan fingerprint density at radius 1 is 1.42 bits per heavy atom. The van der Waals surface area contributed by atoms with Gasteiger partial charge in [0.2, 0.25) is 0 Å². The van der Waals surface area contributed by atoms with E-state index in [1.54, 1.807) is 7.11 Å². The molecule has 0 bridgehead atoms. The predicted molar refractivity (Wildman–Crippen MR) is 79.6 cm³/mol.